The molecule has 5 nitrogen and oxygen atoms in total. The Balaban J connectivity index is 2.05. The number of carbonyl (C=O) groups is 2. The van der Waals surface area contributed by atoms with Gasteiger partial charge in [0.25, 0.3) is 6.08 Å². The SMILES string of the molecule is NC(=O)C(Cc1ccccn1)C(=O)N1CCC(=C(F)F)CC1. The fourth-order valence-electron chi connectivity index (χ4n) is 2.44. The number of piperidine rings is 1. The van der Waals surface area contributed by atoms with E-state index >= 15 is 0 Å². The van der Waals surface area contributed by atoms with Gasteiger partial charge in [0.15, 0.2) is 0 Å². The molecular formula is C15H17F2N3O2. The molecule has 1 aliphatic heterocycles. The van der Waals surface area contributed by atoms with Crippen LogP contribution in [0.25, 0.3) is 0 Å². The van der Waals surface area contributed by atoms with Crippen molar-refractivity contribution in [3.63, 3.8) is 0 Å². The van der Waals surface area contributed by atoms with E-state index in [0.717, 1.165) is 0 Å². The Hall–Kier alpha value is -2.31. The lowest BCUT2D eigenvalue weighted by atomic mass is 9.97. The Kier molecular flexibility index (Phi) is 5.19. The van der Waals surface area contributed by atoms with Crippen LogP contribution < -0.4 is 5.73 Å². The number of pyridine rings is 1. The number of amides is 2. The minimum absolute atomic E-state index is 0.0735. The molecule has 118 valence electrons. The summed E-state index contributed by atoms with van der Waals surface area (Å²) in [6.45, 7) is 0.356. The molecule has 1 aliphatic rings. The van der Waals surface area contributed by atoms with E-state index in [1.807, 2.05) is 0 Å². The maximum atomic E-state index is 12.5. The summed E-state index contributed by atoms with van der Waals surface area (Å²) in [5, 5.41) is 0. The summed E-state index contributed by atoms with van der Waals surface area (Å²) in [6.07, 6.45) is 0.268. The molecule has 0 spiro atoms. The van der Waals surface area contributed by atoms with Gasteiger partial charge in [0.2, 0.25) is 11.8 Å². The molecule has 1 unspecified atom stereocenters. The Morgan fingerprint density at radius 2 is 1.95 bits per heavy atom. The van der Waals surface area contributed by atoms with E-state index in [4.69, 9.17) is 5.73 Å². The second-order valence-corrected chi connectivity index (χ2v) is 5.17. The van der Waals surface area contributed by atoms with Crippen molar-refractivity contribution in [1.82, 2.24) is 9.88 Å². The van der Waals surface area contributed by atoms with Gasteiger partial charge < -0.3 is 10.6 Å². The Bertz CT molecular complexity index is 576. The van der Waals surface area contributed by atoms with Crippen molar-refractivity contribution in [3.05, 3.63) is 41.7 Å². The number of halogens is 2. The zero-order valence-electron chi connectivity index (χ0n) is 12.0. The van der Waals surface area contributed by atoms with E-state index in [1.54, 1.807) is 24.4 Å². The minimum Gasteiger partial charge on any atom is -0.369 e. The quantitative estimate of drug-likeness (QED) is 0.856. The Morgan fingerprint density at radius 1 is 1.27 bits per heavy atom. The van der Waals surface area contributed by atoms with Gasteiger partial charge in [-0.2, -0.15) is 8.78 Å². The highest BCUT2D eigenvalue weighted by molar-refractivity contribution is 5.99. The van der Waals surface area contributed by atoms with E-state index < -0.39 is 23.8 Å². The van der Waals surface area contributed by atoms with Gasteiger partial charge >= 0.3 is 0 Å². The smallest absolute Gasteiger partial charge is 0.269 e. The molecule has 0 aliphatic carbocycles. The Labute approximate surface area is 126 Å². The first kappa shape index (κ1) is 16.1. The number of nitrogens with two attached hydrogens (primary N) is 1. The van der Waals surface area contributed by atoms with Crippen LogP contribution in [0.4, 0.5) is 8.78 Å². The van der Waals surface area contributed by atoms with Crippen LogP contribution in [0, 0.1) is 5.92 Å². The molecule has 2 rings (SSSR count). The van der Waals surface area contributed by atoms with Crippen LogP contribution >= 0.6 is 0 Å². The normalized spacial score (nSPS) is 16.3. The average Bonchev–Trinajstić information content (AvgIpc) is 2.53. The summed E-state index contributed by atoms with van der Waals surface area (Å²) in [7, 11) is 0. The lowest BCUT2D eigenvalue weighted by Gasteiger charge is -2.30. The molecule has 1 atom stereocenters. The largest absolute Gasteiger partial charge is 0.369 e. The van der Waals surface area contributed by atoms with Crippen molar-refractivity contribution in [3.8, 4) is 0 Å². The minimum atomic E-state index is -1.67. The van der Waals surface area contributed by atoms with Crippen LogP contribution in [-0.4, -0.2) is 34.8 Å². The highest BCUT2D eigenvalue weighted by atomic mass is 19.3. The number of nitrogens with zero attached hydrogens (tertiary/aromatic N) is 2. The number of hydrogen-bond acceptors (Lipinski definition) is 3. The molecule has 2 heterocycles. The molecule has 1 aromatic heterocycles. The van der Waals surface area contributed by atoms with Gasteiger partial charge in [0, 0.05) is 31.4 Å². The summed E-state index contributed by atoms with van der Waals surface area (Å²) < 4.78 is 25.0. The molecule has 0 saturated carbocycles. The van der Waals surface area contributed by atoms with E-state index in [-0.39, 0.29) is 37.9 Å². The summed E-state index contributed by atoms with van der Waals surface area (Å²) in [4.78, 5) is 29.5. The molecule has 7 heteroatoms. The van der Waals surface area contributed by atoms with E-state index in [9.17, 15) is 18.4 Å². The van der Waals surface area contributed by atoms with Crippen LogP contribution in [0.1, 0.15) is 18.5 Å². The van der Waals surface area contributed by atoms with Crippen LogP contribution in [0.3, 0.4) is 0 Å². The van der Waals surface area contributed by atoms with Crippen LogP contribution in [0.15, 0.2) is 36.0 Å². The Morgan fingerprint density at radius 3 is 2.45 bits per heavy atom. The highest BCUT2D eigenvalue weighted by Crippen LogP contribution is 2.23. The van der Waals surface area contributed by atoms with Crippen molar-refractivity contribution in [1.29, 1.82) is 0 Å². The first-order valence-corrected chi connectivity index (χ1v) is 7.00. The number of rotatable bonds is 4. The summed E-state index contributed by atoms with van der Waals surface area (Å²) >= 11 is 0. The lowest BCUT2D eigenvalue weighted by Crippen LogP contribution is -2.45. The molecular weight excluding hydrogens is 292 g/mol. The molecule has 2 N–H and O–H groups in total. The van der Waals surface area contributed by atoms with Crippen molar-refractivity contribution >= 4 is 11.8 Å². The molecule has 0 radical (unpaired) electrons. The van der Waals surface area contributed by atoms with Gasteiger partial charge in [0.1, 0.15) is 5.92 Å². The molecule has 0 bridgehead atoms. The van der Waals surface area contributed by atoms with Gasteiger partial charge in [-0.25, -0.2) is 0 Å². The van der Waals surface area contributed by atoms with Gasteiger partial charge in [-0.05, 0) is 30.5 Å². The zero-order valence-corrected chi connectivity index (χ0v) is 12.0. The van der Waals surface area contributed by atoms with Gasteiger partial charge in [-0.3, -0.25) is 14.6 Å². The second kappa shape index (κ2) is 7.11. The summed E-state index contributed by atoms with van der Waals surface area (Å²) in [5.41, 5.74) is 5.99. The third kappa shape index (κ3) is 3.87. The number of primary amides is 1. The average molecular weight is 309 g/mol. The maximum Gasteiger partial charge on any atom is 0.269 e. The number of carbonyl (C=O) groups excluding carboxylic acids is 2. The maximum absolute atomic E-state index is 12.5. The second-order valence-electron chi connectivity index (χ2n) is 5.17. The predicted octanol–water partition coefficient (Wildman–Crippen LogP) is 1.50. The zero-order chi connectivity index (χ0) is 16.1. The number of hydrogen-bond donors (Lipinski definition) is 1. The third-order valence-corrected chi connectivity index (χ3v) is 3.73. The summed E-state index contributed by atoms with van der Waals surface area (Å²) in [5.74, 6) is -2.17. The monoisotopic (exact) mass is 309 g/mol. The molecule has 2 amide bonds. The van der Waals surface area contributed by atoms with Crippen molar-refractivity contribution < 1.29 is 18.4 Å². The predicted molar refractivity (Wildman–Crippen MR) is 75.7 cm³/mol. The molecule has 22 heavy (non-hydrogen) atoms. The number of likely N-dealkylation sites (tertiary alicyclic amines) is 1. The molecule has 1 saturated heterocycles. The van der Waals surface area contributed by atoms with Gasteiger partial charge in [0.05, 0.1) is 0 Å². The van der Waals surface area contributed by atoms with Gasteiger partial charge in [-0.1, -0.05) is 6.07 Å². The van der Waals surface area contributed by atoms with Crippen molar-refractivity contribution in [2.45, 2.75) is 19.3 Å². The van der Waals surface area contributed by atoms with E-state index in [1.165, 1.54) is 4.90 Å². The molecule has 1 fully saturated rings. The van der Waals surface area contributed by atoms with Crippen molar-refractivity contribution in [2.75, 3.05) is 13.1 Å². The van der Waals surface area contributed by atoms with E-state index in [2.05, 4.69) is 4.98 Å². The first-order valence-electron chi connectivity index (χ1n) is 7.00. The summed E-state index contributed by atoms with van der Waals surface area (Å²) in [6, 6.07) is 5.19. The topological polar surface area (TPSA) is 76.3 Å². The number of aromatic nitrogens is 1. The standard InChI is InChI=1S/C15H17F2N3O2/c16-13(17)10-4-7-20(8-5-10)15(22)12(14(18)21)9-11-3-1-2-6-19-11/h1-3,6,12H,4-5,7-9H2,(H2,18,21). The van der Waals surface area contributed by atoms with Crippen molar-refractivity contribution in [2.24, 2.45) is 11.7 Å². The lowest BCUT2D eigenvalue weighted by molar-refractivity contribution is -0.141. The fraction of sp³-hybridized carbons (Fsp3) is 0.400. The fourth-order valence-corrected chi connectivity index (χ4v) is 2.44. The van der Waals surface area contributed by atoms with E-state index in [0.29, 0.717) is 5.69 Å². The van der Waals surface area contributed by atoms with Crippen LogP contribution in [0.2, 0.25) is 0 Å². The first-order chi connectivity index (χ1) is 10.5. The molecule has 1 aromatic rings. The molecule has 0 aromatic carbocycles. The highest BCUT2D eigenvalue weighted by Gasteiger charge is 2.31. The van der Waals surface area contributed by atoms with Crippen LogP contribution in [-0.2, 0) is 16.0 Å². The third-order valence-electron chi connectivity index (χ3n) is 3.73. The van der Waals surface area contributed by atoms with Gasteiger partial charge in [-0.15, -0.1) is 0 Å². The van der Waals surface area contributed by atoms with Crippen LogP contribution in [0.5, 0.6) is 0 Å².